The summed E-state index contributed by atoms with van der Waals surface area (Å²) < 4.78 is 0. The highest BCUT2D eigenvalue weighted by Crippen LogP contribution is 2.11. The summed E-state index contributed by atoms with van der Waals surface area (Å²) in [6.45, 7) is 1.86. The molecule has 0 aliphatic heterocycles. The Kier molecular flexibility index (Phi) is 2.52. The third-order valence-corrected chi connectivity index (χ3v) is 1.39. The molecule has 0 aromatic heterocycles. The molecule has 0 saturated carbocycles. The van der Waals surface area contributed by atoms with Crippen LogP contribution in [-0.2, 0) is 0 Å². The summed E-state index contributed by atoms with van der Waals surface area (Å²) in [5.74, 6) is 0. The Bertz CT molecular complexity index is 238. The summed E-state index contributed by atoms with van der Waals surface area (Å²) in [5, 5.41) is 0.768. The van der Waals surface area contributed by atoms with Crippen LogP contribution >= 0.6 is 11.6 Å². The number of hydrogen-bond donors (Lipinski definition) is 0. The van der Waals surface area contributed by atoms with Crippen molar-refractivity contribution in [1.29, 1.82) is 0 Å². The Balaban J connectivity index is 2.95. The van der Waals surface area contributed by atoms with E-state index in [2.05, 4.69) is 6.08 Å². The van der Waals surface area contributed by atoms with Crippen molar-refractivity contribution in [1.82, 2.24) is 0 Å². The summed E-state index contributed by atoms with van der Waals surface area (Å²) in [4.78, 5) is 0. The molecule has 0 bridgehead atoms. The van der Waals surface area contributed by atoms with Crippen molar-refractivity contribution in [3.63, 3.8) is 0 Å². The molecule has 0 amide bonds. The van der Waals surface area contributed by atoms with Crippen molar-refractivity contribution in [2.45, 2.75) is 6.92 Å². The SMILES string of the molecule is C[C]=Cc1cccc(Cl)c1. The molecule has 0 saturated heterocycles. The first-order chi connectivity index (χ1) is 4.83. The maximum absolute atomic E-state index is 5.73. The second kappa shape index (κ2) is 3.43. The smallest absolute Gasteiger partial charge is 0.0411 e. The van der Waals surface area contributed by atoms with Crippen molar-refractivity contribution >= 4 is 17.7 Å². The zero-order chi connectivity index (χ0) is 7.40. The fourth-order valence-electron chi connectivity index (χ4n) is 0.763. The van der Waals surface area contributed by atoms with Crippen molar-refractivity contribution in [2.75, 3.05) is 0 Å². The first kappa shape index (κ1) is 7.36. The molecule has 0 nitrogen and oxygen atoms in total. The molecule has 1 aromatic carbocycles. The lowest BCUT2D eigenvalue weighted by Crippen LogP contribution is -1.69. The fraction of sp³-hybridized carbons (Fsp3) is 0.111. The summed E-state index contributed by atoms with van der Waals surface area (Å²) >= 11 is 5.73. The Morgan fingerprint density at radius 3 is 2.90 bits per heavy atom. The van der Waals surface area contributed by atoms with E-state index in [0.717, 1.165) is 10.6 Å². The topological polar surface area (TPSA) is 0 Å². The van der Waals surface area contributed by atoms with Crippen LogP contribution in [-0.4, -0.2) is 0 Å². The number of hydrogen-bond acceptors (Lipinski definition) is 0. The molecular formula is C9H8Cl. The minimum absolute atomic E-state index is 0.768. The van der Waals surface area contributed by atoms with Gasteiger partial charge in [0.1, 0.15) is 0 Å². The van der Waals surface area contributed by atoms with E-state index < -0.39 is 0 Å². The van der Waals surface area contributed by atoms with Crippen LogP contribution in [0.2, 0.25) is 5.02 Å². The lowest BCUT2D eigenvalue weighted by Gasteiger charge is -1.91. The zero-order valence-electron chi connectivity index (χ0n) is 5.76. The number of rotatable bonds is 1. The predicted octanol–water partition coefficient (Wildman–Crippen LogP) is 3.18. The largest absolute Gasteiger partial charge is 0.0843 e. The number of benzene rings is 1. The van der Waals surface area contributed by atoms with E-state index in [1.807, 2.05) is 37.3 Å². The molecule has 1 aromatic rings. The summed E-state index contributed by atoms with van der Waals surface area (Å²) in [6.07, 6.45) is 4.82. The van der Waals surface area contributed by atoms with Gasteiger partial charge in [-0.15, -0.1) is 0 Å². The summed E-state index contributed by atoms with van der Waals surface area (Å²) in [5.41, 5.74) is 1.09. The summed E-state index contributed by atoms with van der Waals surface area (Å²) in [7, 11) is 0. The maximum atomic E-state index is 5.73. The van der Waals surface area contributed by atoms with Crippen LogP contribution in [0.25, 0.3) is 6.08 Å². The lowest BCUT2D eigenvalue weighted by atomic mass is 10.2. The van der Waals surface area contributed by atoms with Crippen molar-refractivity contribution in [2.24, 2.45) is 0 Å². The third-order valence-electron chi connectivity index (χ3n) is 1.16. The minimum atomic E-state index is 0.768. The molecule has 0 N–H and O–H groups in total. The molecule has 0 unspecified atom stereocenters. The van der Waals surface area contributed by atoms with E-state index in [-0.39, 0.29) is 0 Å². The minimum Gasteiger partial charge on any atom is -0.0843 e. The van der Waals surface area contributed by atoms with Crippen molar-refractivity contribution in [3.05, 3.63) is 40.9 Å². The van der Waals surface area contributed by atoms with Gasteiger partial charge in [-0.2, -0.15) is 0 Å². The molecule has 1 radical (unpaired) electrons. The normalized spacial score (nSPS) is 10.6. The number of allylic oxidation sites excluding steroid dienone is 1. The molecule has 0 heterocycles. The fourth-order valence-corrected chi connectivity index (χ4v) is 0.962. The summed E-state index contributed by atoms with van der Waals surface area (Å²) in [6, 6.07) is 7.67. The Morgan fingerprint density at radius 2 is 2.30 bits per heavy atom. The first-order valence-corrected chi connectivity index (χ1v) is 3.47. The van der Waals surface area contributed by atoms with Gasteiger partial charge < -0.3 is 0 Å². The van der Waals surface area contributed by atoms with Crippen LogP contribution in [0.15, 0.2) is 24.3 Å². The molecule has 1 heteroatoms. The Labute approximate surface area is 66.1 Å². The van der Waals surface area contributed by atoms with E-state index in [0.29, 0.717) is 0 Å². The molecule has 0 aliphatic carbocycles. The van der Waals surface area contributed by atoms with Crippen LogP contribution in [0.4, 0.5) is 0 Å². The van der Waals surface area contributed by atoms with Crippen LogP contribution in [0.3, 0.4) is 0 Å². The van der Waals surface area contributed by atoms with Gasteiger partial charge in [-0.05, 0) is 30.7 Å². The van der Waals surface area contributed by atoms with Gasteiger partial charge in [-0.1, -0.05) is 29.8 Å². The molecule has 0 spiro atoms. The molecule has 0 fully saturated rings. The lowest BCUT2D eigenvalue weighted by molar-refractivity contribution is 1.62. The molecule has 0 aliphatic rings. The van der Waals surface area contributed by atoms with Gasteiger partial charge >= 0.3 is 0 Å². The highest BCUT2D eigenvalue weighted by molar-refractivity contribution is 6.30. The molecule has 0 atom stereocenters. The highest BCUT2D eigenvalue weighted by atomic mass is 35.5. The molecule has 1 rings (SSSR count). The van der Waals surface area contributed by atoms with Gasteiger partial charge in [0.2, 0.25) is 0 Å². The van der Waals surface area contributed by atoms with E-state index in [1.165, 1.54) is 0 Å². The van der Waals surface area contributed by atoms with E-state index in [9.17, 15) is 0 Å². The van der Waals surface area contributed by atoms with Gasteiger partial charge in [0.15, 0.2) is 0 Å². The second-order valence-electron chi connectivity index (χ2n) is 1.99. The van der Waals surface area contributed by atoms with Gasteiger partial charge in [0.25, 0.3) is 0 Å². The van der Waals surface area contributed by atoms with Crippen molar-refractivity contribution < 1.29 is 0 Å². The standard InChI is InChI=1S/C9H8Cl/c1-2-4-8-5-3-6-9(10)7-8/h3-7H,1H3. The highest BCUT2D eigenvalue weighted by Gasteiger charge is 1.86. The third kappa shape index (κ3) is 1.89. The van der Waals surface area contributed by atoms with E-state index in [4.69, 9.17) is 11.6 Å². The average molecular weight is 152 g/mol. The van der Waals surface area contributed by atoms with Crippen LogP contribution in [0.1, 0.15) is 12.5 Å². The quantitative estimate of drug-likeness (QED) is 0.579. The van der Waals surface area contributed by atoms with E-state index >= 15 is 0 Å². The Morgan fingerprint density at radius 1 is 1.50 bits per heavy atom. The zero-order valence-corrected chi connectivity index (χ0v) is 6.52. The van der Waals surface area contributed by atoms with E-state index in [1.54, 1.807) is 0 Å². The molecular weight excluding hydrogens is 144 g/mol. The average Bonchev–Trinajstić information content (AvgIpc) is 1.88. The first-order valence-electron chi connectivity index (χ1n) is 3.09. The maximum Gasteiger partial charge on any atom is 0.0411 e. The number of halogens is 1. The van der Waals surface area contributed by atoms with Gasteiger partial charge in [0, 0.05) is 5.02 Å². The van der Waals surface area contributed by atoms with Crippen LogP contribution in [0.5, 0.6) is 0 Å². The van der Waals surface area contributed by atoms with Crippen LogP contribution < -0.4 is 0 Å². The van der Waals surface area contributed by atoms with Crippen LogP contribution in [0, 0.1) is 6.08 Å². The Hall–Kier alpha value is -0.750. The van der Waals surface area contributed by atoms with Gasteiger partial charge in [-0.25, -0.2) is 0 Å². The monoisotopic (exact) mass is 151 g/mol. The predicted molar refractivity (Wildman–Crippen MR) is 44.8 cm³/mol. The molecule has 51 valence electrons. The molecule has 10 heavy (non-hydrogen) atoms. The van der Waals surface area contributed by atoms with Gasteiger partial charge in [-0.3, -0.25) is 0 Å². The van der Waals surface area contributed by atoms with Crippen molar-refractivity contribution in [3.8, 4) is 0 Å². The van der Waals surface area contributed by atoms with Gasteiger partial charge in [0.05, 0.1) is 0 Å². The second-order valence-corrected chi connectivity index (χ2v) is 2.42.